The smallest absolute Gasteiger partial charge is 0.310 e. The van der Waals surface area contributed by atoms with Crippen molar-refractivity contribution in [3.05, 3.63) is 65.7 Å². The Kier molecular flexibility index (Phi) is 5.31. The fourth-order valence-electron chi connectivity index (χ4n) is 1.98. The Labute approximate surface area is 130 Å². The van der Waals surface area contributed by atoms with E-state index in [1.165, 1.54) is 0 Å². The molecule has 4 heteroatoms. The fraction of sp³-hybridized carbons (Fsp3) is 0.222. The van der Waals surface area contributed by atoms with Crippen LogP contribution in [0.1, 0.15) is 42.2 Å². The third kappa shape index (κ3) is 4.19. The Morgan fingerprint density at radius 2 is 1.68 bits per heavy atom. The van der Waals surface area contributed by atoms with Crippen LogP contribution in [0.5, 0.6) is 5.75 Å². The third-order valence-electron chi connectivity index (χ3n) is 3.28. The molecule has 0 unspecified atom stereocenters. The van der Waals surface area contributed by atoms with E-state index < -0.39 is 0 Å². The second-order valence-corrected chi connectivity index (χ2v) is 4.96. The predicted octanol–water partition coefficient (Wildman–Crippen LogP) is 3.49. The summed E-state index contributed by atoms with van der Waals surface area (Å²) in [6.45, 7) is 3.67. The van der Waals surface area contributed by atoms with E-state index in [0.717, 1.165) is 5.56 Å². The van der Waals surface area contributed by atoms with E-state index in [0.29, 0.717) is 17.7 Å². The van der Waals surface area contributed by atoms with Crippen molar-refractivity contribution in [2.45, 2.75) is 26.3 Å². The lowest BCUT2D eigenvalue weighted by Crippen LogP contribution is -2.26. The topological polar surface area (TPSA) is 55.4 Å². The standard InChI is InChI=1S/C18H19NO3/c1-3-17(20)22-16-11-9-15(10-12-16)18(21)19-13(2)14-7-5-4-6-8-14/h4-13H,3H2,1-2H3,(H,19,21)/t13-/m0/s1. The molecule has 0 aliphatic carbocycles. The predicted molar refractivity (Wildman–Crippen MR) is 84.7 cm³/mol. The average molecular weight is 297 g/mol. The molecular formula is C18H19NO3. The van der Waals surface area contributed by atoms with Gasteiger partial charge >= 0.3 is 5.97 Å². The molecule has 0 aliphatic heterocycles. The Balaban J connectivity index is 1.99. The van der Waals surface area contributed by atoms with E-state index >= 15 is 0 Å². The maximum absolute atomic E-state index is 12.2. The first-order valence-electron chi connectivity index (χ1n) is 7.26. The summed E-state index contributed by atoms with van der Waals surface area (Å²) in [5, 5.41) is 2.94. The molecule has 2 aromatic rings. The first-order chi connectivity index (χ1) is 10.6. The highest BCUT2D eigenvalue weighted by Crippen LogP contribution is 2.15. The van der Waals surface area contributed by atoms with Crippen LogP contribution in [0.25, 0.3) is 0 Å². The fourth-order valence-corrected chi connectivity index (χ4v) is 1.98. The van der Waals surface area contributed by atoms with Crippen LogP contribution in [0.4, 0.5) is 0 Å². The van der Waals surface area contributed by atoms with Crippen molar-refractivity contribution in [1.29, 1.82) is 0 Å². The first kappa shape index (κ1) is 15.8. The third-order valence-corrected chi connectivity index (χ3v) is 3.28. The molecular weight excluding hydrogens is 278 g/mol. The van der Waals surface area contributed by atoms with Crippen LogP contribution < -0.4 is 10.1 Å². The Hall–Kier alpha value is -2.62. The van der Waals surface area contributed by atoms with Crippen molar-refractivity contribution in [3.8, 4) is 5.75 Å². The molecule has 0 fully saturated rings. The molecule has 0 saturated carbocycles. The lowest BCUT2D eigenvalue weighted by atomic mass is 10.1. The summed E-state index contributed by atoms with van der Waals surface area (Å²) in [6.07, 6.45) is 0.316. The number of hydrogen-bond acceptors (Lipinski definition) is 3. The molecule has 4 nitrogen and oxygen atoms in total. The van der Waals surface area contributed by atoms with Gasteiger partial charge in [0.1, 0.15) is 5.75 Å². The van der Waals surface area contributed by atoms with Crippen LogP contribution >= 0.6 is 0 Å². The number of carbonyl (C=O) groups excluding carboxylic acids is 2. The van der Waals surface area contributed by atoms with Gasteiger partial charge in [-0.25, -0.2) is 0 Å². The van der Waals surface area contributed by atoms with Crippen molar-refractivity contribution < 1.29 is 14.3 Å². The monoisotopic (exact) mass is 297 g/mol. The highest BCUT2D eigenvalue weighted by molar-refractivity contribution is 5.94. The van der Waals surface area contributed by atoms with Crippen LogP contribution in [-0.4, -0.2) is 11.9 Å². The van der Waals surface area contributed by atoms with Crippen LogP contribution in [0.2, 0.25) is 0 Å². The SMILES string of the molecule is CCC(=O)Oc1ccc(C(=O)N[C@@H](C)c2ccccc2)cc1. The first-order valence-corrected chi connectivity index (χ1v) is 7.26. The van der Waals surface area contributed by atoms with E-state index in [4.69, 9.17) is 4.74 Å². The minimum atomic E-state index is -0.296. The molecule has 0 spiro atoms. The summed E-state index contributed by atoms with van der Waals surface area (Å²) in [5.41, 5.74) is 1.57. The van der Waals surface area contributed by atoms with Gasteiger partial charge in [-0.3, -0.25) is 9.59 Å². The van der Waals surface area contributed by atoms with Gasteiger partial charge in [0.2, 0.25) is 0 Å². The lowest BCUT2D eigenvalue weighted by molar-refractivity contribution is -0.134. The van der Waals surface area contributed by atoms with E-state index in [1.54, 1.807) is 31.2 Å². The van der Waals surface area contributed by atoms with Crippen LogP contribution in [0, 0.1) is 0 Å². The van der Waals surface area contributed by atoms with E-state index in [-0.39, 0.29) is 17.9 Å². The molecule has 22 heavy (non-hydrogen) atoms. The lowest BCUT2D eigenvalue weighted by Gasteiger charge is -2.14. The van der Waals surface area contributed by atoms with Crippen molar-refractivity contribution in [2.75, 3.05) is 0 Å². The number of esters is 1. The second-order valence-electron chi connectivity index (χ2n) is 4.96. The number of nitrogens with one attached hydrogen (secondary N) is 1. The second kappa shape index (κ2) is 7.41. The van der Waals surface area contributed by atoms with Gasteiger partial charge in [-0.05, 0) is 36.8 Å². The molecule has 1 amide bonds. The summed E-state index contributed by atoms with van der Waals surface area (Å²) in [4.78, 5) is 23.4. The zero-order valence-corrected chi connectivity index (χ0v) is 12.7. The number of ether oxygens (including phenoxy) is 1. The van der Waals surface area contributed by atoms with Gasteiger partial charge in [0, 0.05) is 12.0 Å². The molecule has 1 N–H and O–H groups in total. The van der Waals surface area contributed by atoms with Gasteiger partial charge in [0.05, 0.1) is 6.04 Å². The van der Waals surface area contributed by atoms with Crippen molar-refractivity contribution in [2.24, 2.45) is 0 Å². The van der Waals surface area contributed by atoms with E-state index in [2.05, 4.69) is 5.32 Å². The van der Waals surface area contributed by atoms with E-state index in [1.807, 2.05) is 37.3 Å². The van der Waals surface area contributed by atoms with Crippen molar-refractivity contribution in [1.82, 2.24) is 5.32 Å². The molecule has 2 rings (SSSR count). The molecule has 0 aliphatic rings. The minimum Gasteiger partial charge on any atom is -0.427 e. The highest BCUT2D eigenvalue weighted by atomic mass is 16.5. The molecule has 0 radical (unpaired) electrons. The molecule has 2 aromatic carbocycles. The largest absolute Gasteiger partial charge is 0.427 e. The van der Waals surface area contributed by atoms with Crippen molar-refractivity contribution in [3.63, 3.8) is 0 Å². The molecule has 0 aromatic heterocycles. The Bertz CT molecular complexity index is 635. The number of hydrogen-bond donors (Lipinski definition) is 1. The number of amides is 1. The van der Waals surface area contributed by atoms with Crippen LogP contribution in [0.15, 0.2) is 54.6 Å². The number of carbonyl (C=O) groups is 2. The number of benzene rings is 2. The summed E-state index contributed by atoms with van der Waals surface area (Å²) in [7, 11) is 0. The molecule has 1 atom stereocenters. The Morgan fingerprint density at radius 3 is 2.27 bits per heavy atom. The zero-order valence-electron chi connectivity index (χ0n) is 12.7. The van der Waals surface area contributed by atoms with Gasteiger partial charge in [0.15, 0.2) is 0 Å². The average Bonchev–Trinajstić information content (AvgIpc) is 2.56. The summed E-state index contributed by atoms with van der Waals surface area (Å²) >= 11 is 0. The van der Waals surface area contributed by atoms with Crippen molar-refractivity contribution >= 4 is 11.9 Å². The number of rotatable bonds is 5. The highest BCUT2D eigenvalue weighted by Gasteiger charge is 2.11. The van der Waals surface area contributed by atoms with Gasteiger partial charge in [-0.2, -0.15) is 0 Å². The van der Waals surface area contributed by atoms with E-state index in [9.17, 15) is 9.59 Å². The quantitative estimate of drug-likeness (QED) is 0.679. The molecule has 0 bridgehead atoms. The normalized spacial score (nSPS) is 11.5. The summed E-state index contributed by atoms with van der Waals surface area (Å²) < 4.78 is 5.08. The van der Waals surface area contributed by atoms with Gasteiger partial charge in [-0.15, -0.1) is 0 Å². The van der Waals surface area contributed by atoms with Gasteiger partial charge in [-0.1, -0.05) is 37.3 Å². The van der Waals surface area contributed by atoms with Gasteiger partial charge < -0.3 is 10.1 Å². The van der Waals surface area contributed by atoms with Crippen LogP contribution in [0.3, 0.4) is 0 Å². The van der Waals surface area contributed by atoms with Gasteiger partial charge in [0.25, 0.3) is 5.91 Å². The Morgan fingerprint density at radius 1 is 1.05 bits per heavy atom. The minimum absolute atomic E-state index is 0.0775. The summed E-state index contributed by atoms with van der Waals surface area (Å²) in [6, 6.07) is 16.2. The zero-order chi connectivity index (χ0) is 15.9. The summed E-state index contributed by atoms with van der Waals surface area (Å²) in [5.74, 6) is -0.0147. The van der Waals surface area contributed by atoms with Crippen LogP contribution in [-0.2, 0) is 4.79 Å². The molecule has 0 heterocycles. The molecule has 0 saturated heterocycles. The molecule has 114 valence electrons. The maximum atomic E-state index is 12.2. The maximum Gasteiger partial charge on any atom is 0.310 e.